The largest absolute Gasteiger partial charge is 0.489 e. The highest BCUT2D eigenvalue weighted by Gasteiger charge is 2.23. The molecule has 0 saturated carbocycles. The zero-order chi connectivity index (χ0) is 27.3. The van der Waals surface area contributed by atoms with E-state index < -0.39 is 0 Å². The number of rotatable bonds is 7. The van der Waals surface area contributed by atoms with Crippen LogP contribution >= 0.6 is 11.8 Å². The molecule has 0 radical (unpaired) electrons. The van der Waals surface area contributed by atoms with Crippen molar-refractivity contribution in [2.45, 2.75) is 11.6 Å². The van der Waals surface area contributed by atoms with Gasteiger partial charge >= 0.3 is 0 Å². The van der Waals surface area contributed by atoms with Crippen LogP contribution in [0.1, 0.15) is 11.1 Å². The number of benzene rings is 3. The van der Waals surface area contributed by atoms with E-state index in [4.69, 9.17) is 4.74 Å². The van der Waals surface area contributed by atoms with Crippen molar-refractivity contribution < 1.29 is 9.53 Å². The van der Waals surface area contributed by atoms with Crippen molar-refractivity contribution in [3.63, 3.8) is 0 Å². The lowest BCUT2D eigenvalue weighted by Crippen LogP contribution is -2.44. The van der Waals surface area contributed by atoms with Crippen LogP contribution in [-0.4, -0.2) is 54.0 Å². The summed E-state index contributed by atoms with van der Waals surface area (Å²) in [4.78, 5) is 27.1. The molecule has 1 amide bonds. The Morgan fingerprint density at radius 1 is 0.975 bits per heavy atom. The predicted molar refractivity (Wildman–Crippen MR) is 161 cm³/mol. The molecule has 2 N–H and O–H groups in total. The van der Waals surface area contributed by atoms with Crippen LogP contribution in [0, 0.1) is 0 Å². The van der Waals surface area contributed by atoms with Gasteiger partial charge in [-0.25, -0.2) is 9.97 Å². The van der Waals surface area contributed by atoms with Gasteiger partial charge in [-0.1, -0.05) is 54.2 Å². The van der Waals surface area contributed by atoms with E-state index in [1.54, 1.807) is 6.20 Å². The van der Waals surface area contributed by atoms with Gasteiger partial charge in [-0.3, -0.25) is 4.79 Å². The zero-order valence-corrected chi connectivity index (χ0v) is 23.0. The summed E-state index contributed by atoms with van der Waals surface area (Å²) in [5, 5.41) is 6.89. The first-order valence-electron chi connectivity index (χ1n) is 13.2. The topological polar surface area (TPSA) is 82.6 Å². The Labute approximate surface area is 238 Å². The SMILES string of the molecule is CN1CCN(c2ccc(Nc3ncc4c(n3)S/C(=C\c3ccc(OCc5ccccc5)cc3)C(=O)N4)cc2)CC1. The standard InChI is InChI=1S/C31H30N6O2S/c1-36-15-17-37(18-16-36)25-11-9-24(10-12-25)33-31-32-20-27-30(35-31)40-28(29(38)34-27)19-22-7-13-26(14-8-22)39-21-23-5-3-2-4-6-23/h2-14,19-20H,15-18,21H2,1H3,(H,34,38)(H,32,33,35)/b28-19-. The van der Waals surface area contributed by atoms with E-state index in [1.165, 1.54) is 17.4 Å². The van der Waals surface area contributed by atoms with Crippen LogP contribution in [0.2, 0.25) is 0 Å². The number of thioether (sulfide) groups is 1. The Morgan fingerprint density at radius 3 is 2.48 bits per heavy atom. The van der Waals surface area contributed by atoms with Gasteiger partial charge in [0.25, 0.3) is 5.91 Å². The number of carbonyl (C=O) groups is 1. The maximum absolute atomic E-state index is 12.7. The number of ether oxygens (including phenoxy) is 1. The Morgan fingerprint density at radius 2 is 1.73 bits per heavy atom. The summed E-state index contributed by atoms with van der Waals surface area (Å²) >= 11 is 1.33. The molecule has 8 nitrogen and oxygen atoms in total. The van der Waals surface area contributed by atoms with Crippen molar-refractivity contribution in [1.29, 1.82) is 0 Å². The number of hydrogen-bond donors (Lipinski definition) is 2. The Kier molecular flexibility index (Phi) is 7.65. The Balaban J connectivity index is 1.10. The molecular weight excluding hydrogens is 520 g/mol. The lowest BCUT2D eigenvalue weighted by Gasteiger charge is -2.34. The number of carbonyl (C=O) groups excluding carboxylic acids is 1. The molecule has 0 bridgehead atoms. The minimum absolute atomic E-state index is 0.175. The first-order valence-corrected chi connectivity index (χ1v) is 14.1. The quantitative estimate of drug-likeness (QED) is 0.226. The molecule has 1 fully saturated rings. The molecule has 0 aliphatic carbocycles. The average molecular weight is 551 g/mol. The second-order valence-corrected chi connectivity index (χ2v) is 10.8. The highest BCUT2D eigenvalue weighted by molar-refractivity contribution is 8.04. The maximum atomic E-state index is 12.7. The van der Waals surface area contributed by atoms with Crippen LogP contribution in [0.5, 0.6) is 5.75 Å². The number of hydrogen-bond acceptors (Lipinski definition) is 8. The average Bonchev–Trinajstić information content (AvgIpc) is 2.99. The van der Waals surface area contributed by atoms with Crippen molar-refractivity contribution in [2.24, 2.45) is 0 Å². The van der Waals surface area contributed by atoms with Gasteiger partial charge in [0.2, 0.25) is 5.95 Å². The molecule has 9 heteroatoms. The summed E-state index contributed by atoms with van der Waals surface area (Å²) in [5.74, 6) is 1.08. The maximum Gasteiger partial charge on any atom is 0.262 e. The van der Waals surface area contributed by atoms with Crippen LogP contribution in [-0.2, 0) is 11.4 Å². The van der Waals surface area contributed by atoms with E-state index >= 15 is 0 Å². The van der Waals surface area contributed by atoms with Crippen LogP contribution in [0.4, 0.5) is 23.0 Å². The molecule has 2 aliphatic heterocycles. The number of anilines is 4. The van der Waals surface area contributed by atoms with Gasteiger partial charge in [0.05, 0.1) is 16.8 Å². The third kappa shape index (κ3) is 6.27. The number of nitrogens with zero attached hydrogens (tertiary/aromatic N) is 4. The lowest BCUT2D eigenvalue weighted by molar-refractivity contribution is -0.112. The van der Waals surface area contributed by atoms with Crippen LogP contribution < -0.4 is 20.3 Å². The smallest absolute Gasteiger partial charge is 0.262 e. The zero-order valence-electron chi connectivity index (χ0n) is 22.2. The van der Waals surface area contributed by atoms with Gasteiger partial charge in [-0.15, -0.1) is 0 Å². The Hall–Kier alpha value is -4.34. The summed E-state index contributed by atoms with van der Waals surface area (Å²) in [6.07, 6.45) is 3.50. The lowest BCUT2D eigenvalue weighted by atomic mass is 10.2. The molecule has 40 heavy (non-hydrogen) atoms. The monoisotopic (exact) mass is 550 g/mol. The number of likely N-dealkylation sites (N-methyl/N-ethyl adjacent to an activating group) is 1. The highest BCUT2D eigenvalue weighted by atomic mass is 32.2. The van der Waals surface area contributed by atoms with Gasteiger partial charge in [0.15, 0.2) is 0 Å². The summed E-state index contributed by atoms with van der Waals surface area (Å²) < 4.78 is 5.87. The molecule has 3 aromatic carbocycles. The number of amides is 1. The second kappa shape index (κ2) is 11.8. The fourth-order valence-corrected chi connectivity index (χ4v) is 5.41. The minimum Gasteiger partial charge on any atom is -0.489 e. The number of aromatic nitrogens is 2. The van der Waals surface area contributed by atoms with E-state index in [-0.39, 0.29) is 5.91 Å². The van der Waals surface area contributed by atoms with E-state index in [2.05, 4.69) is 49.6 Å². The molecule has 1 aromatic heterocycles. The Bertz CT molecular complexity index is 1500. The summed E-state index contributed by atoms with van der Waals surface area (Å²) in [6, 6.07) is 26.1. The molecule has 0 spiro atoms. The number of fused-ring (bicyclic) bond motifs is 1. The summed E-state index contributed by atoms with van der Waals surface area (Å²) in [7, 11) is 2.16. The van der Waals surface area contributed by atoms with E-state index in [9.17, 15) is 4.79 Å². The third-order valence-electron chi connectivity index (χ3n) is 6.85. The summed E-state index contributed by atoms with van der Waals surface area (Å²) in [5.41, 5.74) is 4.75. The fourth-order valence-electron chi connectivity index (χ4n) is 4.52. The fraction of sp³-hybridized carbons (Fsp3) is 0.194. The molecule has 0 atom stereocenters. The molecule has 2 aliphatic rings. The van der Waals surface area contributed by atoms with Gasteiger partial charge in [-0.2, -0.15) is 0 Å². The van der Waals surface area contributed by atoms with E-state index in [0.717, 1.165) is 48.7 Å². The first-order chi connectivity index (χ1) is 19.6. The van der Waals surface area contributed by atoms with Gasteiger partial charge in [-0.05, 0) is 60.6 Å². The van der Waals surface area contributed by atoms with Crippen molar-refractivity contribution in [3.05, 3.63) is 101 Å². The second-order valence-electron chi connectivity index (χ2n) is 9.78. The van der Waals surface area contributed by atoms with Crippen molar-refractivity contribution >= 4 is 46.8 Å². The van der Waals surface area contributed by atoms with E-state index in [1.807, 2.05) is 72.8 Å². The van der Waals surface area contributed by atoms with Crippen molar-refractivity contribution in [2.75, 3.05) is 48.8 Å². The molecule has 1 saturated heterocycles. The van der Waals surface area contributed by atoms with E-state index in [0.29, 0.717) is 28.2 Å². The summed E-state index contributed by atoms with van der Waals surface area (Å²) in [6.45, 7) is 4.71. The van der Waals surface area contributed by atoms with Crippen LogP contribution in [0.25, 0.3) is 6.08 Å². The molecular formula is C31H30N6O2S. The molecule has 3 heterocycles. The molecule has 0 unspecified atom stereocenters. The normalized spacial score (nSPS) is 16.4. The highest BCUT2D eigenvalue weighted by Crippen LogP contribution is 2.38. The predicted octanol–water partition coefficient (Wildman–Crippen LogP) is 5.64. The molecule has 4 aromatic rings. The van der Waals surface area contributed by atoms with Gasteiger partial charge in [0, 0.05) is 37.6 Å². The van der Waals surface area contributed by atoms with Gasteiger partial charge in [0.1, 0.15) is 17.4 Å². The van der Waals surface area contributed by atoms with Crippen molar-refractivity contribution in [3.8, 4) is 5.75 Å². The molecule has 6 rings (SSSR count). The number of piperazine rings is 1. The van der Waals surface area contributed by atoms with Crippen LogP contribution in [0.3, 0.4) is 0 Å². The minimum atomic E-state index is -0.175. The molecule has 202 valence electrons. The first kappa shape index (κ1) is 25.9. The number of nitrogens with one attached hydrogen (secondary N) is 2. The third-order valence-corrected chi connectivity index (χ3v) is 7.88. The van der Waals surface area contributed by atoms with Crippen LogP contribution in [0.15, 0.2) is 95.0 Å². The van der Waals surface area contributed by atoms with Crippen molar-refractivity contribution in [1.82, 2.24) is 14.9 Å². The van der Waals surface area contributed by atoms with Gasteiger partial charge < -0.3 is 25.2 Å².